The lowest BCUT2D eigenvalue weighted by Crippen LogP contribution is -2.23. The van der Waals surface area contributed by atoms with E-state index in [1.165, 1.54) is 25.9 Å². The van der Waals surface area contributed by atoms with Crippen LogP contribution >= 0.6 is 12.4 Å². The first kappa shape index (κ1) is 9.30. The molecule has 2 saturated heterocycles. The lowest BCUT2D eigenvalue weighted by Gasteiger charge is -2.17. The fraction of sp³-hybridized carbons (Fsp3) is 1.00. The highest BCUT2D eigenvalue weighted by Crippen LogP contribution is 2.37. The van der Waals surface area contributed by atoms with E-state index in [1.54, 1.807) is 0 Å². The summed E-state index contributed by atoms with van der Waals surface area (Å²) < 4.78 is 5.55. The minimum absolute atomic E-state index is 0. The predicted molar refractivity (Wildman–Crippen MR) is 47.2 cm³/mol. The van der Waals surface area contributed by atoms with E-state index in [1.807, 2.05) is 0 Å². The summed E-state index contributed by atoms with van der Waals surface area (Å²) in [6, 6.07) is 0. The van der Waals surface area contributed by atoms with Crippen molar-refractivity contribution in [1.29, 1.82) is 0 Å². The Kier molecular flexibility index (Phi) is 2.79. The lowest BCUT2D eigenvalue weighted by molar-refractivity contribution is 0.109. The van der Waals surface area contributed by atoms with E-state index in [-0.39, 0.29) is 12.4 Å². The van der Waals surface area contributed by atoms with Crippen molar-refractivity contribution in [3.63, 3.8) is 0 Å². The quantitative estimate of drug-likeness (QED) is 0.601. The molecule has 0 radical (unpaired) electrons. The van der Waals surface area contributed by atoms with Crippen LogP contribution in [0.4, 0.5) is 0 Å². The molecule has 0 amide bonds. The second kappa shape index (κ2) is 3.30. The molecule has 0 aromatic carbocycles. The Morgan fingerprint density at radius 2 is 2.36 bits per heavy atom. The molecule has 0 bridgehead atoms. The molecule has 0 saturated carbocycles. The minimum Gasteiger partial charge on any atom is -0.378 e. The number of nitrogens with one attached hydrogen (secondary N) is 1. The molecule has 0 aliphatic carbocycles. The van der Waals surface area contributed by atoms with Crippen molar-refractivity contribution >= 4 is 12.4 Å². The molecule has 1 spiro atoms. The summed E-state index contributed by atoms with van der Waals surface area (Å²) in [6.07, 6.45) is 3.08. The first-order valence-corrected chi connectivity index (χ1v) is 4.13. The van der Waals surface area contributed by atoms with Crippen LogP contribution in [0.25, 0.3) is 0 Å². The van der Waals surface area contributed by atoms with Crippen LogP contribution in [0.2, 0.25) is 0 Å². The molecule has 2 aliphatic rings. The Morgan fingerprint density at radius 3 is 2.82 bits per heavy atom. The summed E-state index contributed by atoms with van der Waals surface area (Å²) in [5.74, 6) is 0. The maximum atomic E-state index is 5.55. The Labute approximate surface area is 74.1 Å². The second-order valence-corrected chi connectivity index (χ2v) is 3.75. The zero-order valence-corrected chi connectivity index (χ0v) is 7.75. The van der Waals surface area contributed by atoms with E-state index < -0.39 is 0 Å². The van der Waals surface area contributed by atoms with Crippen molar-refractivity contribution in [2.45, 2.75) is 25.9 Å². The zero-order valence-electron chi connectivity index (χ0n) is 6.93. The van der Waals surface area contributed by atoms with Gasteiger partial charge in [-0.3, -0.25) is 0 Å². The second-order valence-electron chi connectivity index (χ2n) is 3.75. The molecule has 11 heavy (non-hydrogen) atoms. The van der Waals surface area contributed by atoms with Crippen molar-refractivity contribution in [3.8, 4) is 0 Å². The fourth-order valence-corrected chi connectivity index (χ4v) is 2.14. The van der Waals surface area contributed by atoms with Gasteiger partial charge in [-0.25, -0.2) is 0 Å². The van der Waals surface area contributed by atoms with E-state index in [4.69, 9.17) is 4.74 Å². The maximum Gasteiger partial charge on any atom is 0.0553 e. The molecule has 2 fully saturated rings. The van der Waals surface area contributed by atoms with Crippen molar-refractivity contribution < 1.29 is 4.74 Å². The van der Waals surface area contributed by atoms with Gasteiger partial charge < -0.3 is 10.1 Å². The Balaban J connectivity index is 0.000000605. The number of ether oxygens (including phenoxy) is 1. The van der Waals surface area contributed by atoms with Crippen LogP contribution in [0.15, 0.2) is 0 Å². The molecule has 2 heterocycles. The molecule has 66 valence electrons. The van der Waals surface area contributed by atoms with E-state index in [0.717, 1.165) is 6.61 Å². The van der Waals surface area contributed by atoms with Crippen LogP contribution in [0, 0.1) is 5.41 Å². The third kappa shape index (κ3) is 1.68. The third-order valence-electron chi connectivity index (χ3n) is 2.73. The highest BCUT2D eigenvalue weighted by Gasteiger charge is 2.40. The molecule has 2 nitrogen and oxygen atoms in total. The summed E-state index contributed by atoms with van der Waals surface area (Å²) in [6.45, 7) is 5.53. The van der Waals surface area contributed by atoms with E-state index in [9.17, 15) is 0 Å². The first-order chi connectivity index (χ1) is 4.81. The Hall–Kier alpha value is 0.210. The molecule has 3 heteroatoms. The van der Waals surface area contributed by atoms with Crippen molar-refractivity contribution in [2.24, 2.45) is 5.41 Å². The smallest absolute Gasteiger partial charge is 0.0553 e. The minimum atomic E-state index is 0. The van der Waals surface area contributed by atoms with Crippen LogP contribution in [-0.4, -0.2) is 25.8 Å². The molecular weight excluding hydrogens is 162 g/mol. The SMILES string of the molecule is C[C@@H]1C[C@@]2(CCNC2)CO1.Cl. The van der Waals surface area contributed by atoms with Crippen LogP contribution < -0.4 is 5.32 Å². The number of hydrogen-bond donors (Lipinski definition) is 1. The predicted octanol–water partition coefficient (Wildman–Crippen LogP) is 1.20. The monoisotopic (exact) mass is 177 g/mol. The molecule has 2 aliphatic heterocycles. The summed E-state index contributed by atoms with van der Waals surface area (Å²) in [5.41, 5.74) is 0.527. The summed E-state index contributed by atoms with van der Waals surface area (Å²) >= 11 is 0. The van der Waals surface area contributed by atoms with Gasteiger partial charge in [-0.1, -0.05) is 0 Å². The standard InChI is InChI=1S/C8H15NO.ClH/c1-7-4-8(6-10-7)2-3-9-5-8;/h7,9H,2-6H2,1H3;1H/t7-,8-;/m1./s1. The highest BCUT2D eigenvalue weighted by molar-refractivity contribution is 5.85. The van der Waals surface area contributed by atoms with Crippen LogP contribution in [0.5, 0.6) is 0 Å². The van der Waals surface area contributed by atoms with Gasteiger partial charge in [0.15, 0.2) is 0 Å². The van der Waals surface area contributed by atoms with Crippen LogP contribution in [0.3, 0.4) is 0 Å². The maximum absolute atomic E-state index is 5.55. The molecule has 0 unspecified atom stereocenters. The van der Waals surface area contributed by atoms with Gasteiger partial charge in [0.2, 0.25) is 0 Å². The summed E-state index contributed by atoms with van der Waals surface area (Å²) in [4.78, 5) is 0. The van der Waals surface area contributed by atoms with Crippen molar-refractivity contribution in [3.05, 3.63) is 0 Å². The van der Waals surface area contributed by atoms with Gasteiger partial charge in [-0.2, -0.15) is 0 Å². The number of hydrogen-bond acceptors (Lipinski definition) is 2. The molecule has 2 rings (SSSR count). The van der Waals surface area contributed by atoms with Gasteiger partial charge >= 0.3 is 0 Å². The van der Waals surface area contributed by atoms with Crippen molar-refractivity contribution in [1.82, 2.24) is 5.32 Å². The highest BCUT2D eigenvalue weighted by atomic mass is 35.5. The zero-order chi connectivity index (χ0) is 7.03. The Bertz CT molecular complexity index is 134. The Morgan fingerprint density at radius 1 is 1.55 bits per heavy atom. The molecule has 1 N–H and O–H groups in total. The average molecular weight is 178 g/mol. The molecule has 0 aromatic rings. The third-order valence-corrected chi connectivity index (χ3v) is 2.73. The van der Waals surface area contributed by atoms with Crippen LogP contribution in [0.1, 0.15) is 19.8 Å². The normalized spacial score (nSPS) is 42.8. The van der Waals surface area contributed by atoms with Gasteiger partial charge in [0, 0.05) is 12.0 Å². The van der Waals surface area contributed by atoms with Gasteiger partial charge in [-0.15, -0.1) is 12.4 Å². The van der Waals surface area contributed by atoms with Gasteiger partial charge in [0.1, 0.15) is 0 Å². The van der Waals surface area contributed by atoms with E-state index >= 15 is 0 Å². The summed E-state index contributed by atoms with van der Waals surface area (Å²) in [7, 11) is 0. The number of halogens is 1. The van der Waals surface area contributed by atoms with Gasteiger partial charge in [0.25, 0.3) is 0 Å². The topological polar surface area (TPSA) is 21.3 Å². The molecule has 2 atom stereocenters. The van der Waals surface area contributed by atoms with E-state index in [2.05, 4.69) is 12.2 Å². The van der Waals surface area contributed by atoms with Crippen molar-refractivity contribution in [2.75, 3.05) is 19.7 Å². The molecular formula is C8H16ClNO. The first-order valence-electron chi connectivity index (χ1n) is 4.13. The van der Waals surface area contributed by atoms with Gasteiger partial charge in [-0.05, 0) is 26.3 Å². The summed E-state index contributed by atoms with van der Waals surface area (Å²) in [5, 5.41) is 3.40. The van der Waals surface area contributed by atoms with Gasteiger partial charge in [0.05, 0.1) is 12.7 Å². The fourth-order valence-electron chi connectivity index (χ4n) is 2.14. The number of rotatable bonds is 0. The van der Waals surface area contributed by atoms with E-state index in [0.29, 0.717) is 11.5 Å². The van der Waals surface area contributed by atoms with Crippen LogP contribution in [-0.2, 0) is 4.74 Å². The average Bonchev–Trinajstić information content (AvgIpc) is 2.46. The molecule has 0 aromatic heterocycles. The lowest BCUT2D eigenvalue weighted by atomic mass is 9.85. The largest absolute Gasteiger partial charge is 0.378 e.